The van der Waals surface area contributed by atoms with Gasteiger partial charge in [0.25, 0.3) is 0 Å². The Balaban J connectivity index is 4.08. The van der Waals surface area contributed by atoms with Gasteiger partial charge in [-0.15, -0.1) is 0 Å². The summed E-state index contributed by atoms with van der Waals surface area (Å²) >= 11 is 0. The van der Waals surface area contributed by atoms with E-state index in [9.17, 15) is 4.79 Å². The summed E-state index contributed by atoms with van der Waals surface area (Å²) in [4.78, 5) is 13.7. The number of nitrogens with one attached hydrogen (secondary N) is 1. The highest BCUT2D eigenvalue weighted by Crippen LogP contribution is 2.09. The topological polar surface area (TPSA) is 41.6 Å². The van der Waals surface area contributed by atoms with Gasteiger partial charge >= 0.3 is 6.09 Å². The monoisotopic (exact) mass is 286 g/mol. The predicted molar refractivity (Wildman–Crippen MR) is 85.1 cm³/mol. The van der Waals surface area contributed by atoms with E-state index in [0.29, 0.717) is 19.1 Å². The minimum Gasteiger partial charge on any atom is -0.444 e. The lowest BCUT2D eigenvalue weighted by Crippen LogP contribution is -2.42. The first-order valence-corrected chi connectivity index (χ1v) is 8.05. The normalized spacial score (nSPS) is 13.1. The number of rotatable bonds is 9. The smallest absolute Gasteiger partial charge is 0.410 e. The van der Waals surface area contributed by atoms with E-state index in [0.717, 1.165) is 13.0 Å². The summed E-state index contributed by atoms with van der Waals surface area (Å²) in [5.41, 5.74) is -0.426. The lowest BCUT2D eigenvalue weighted by Gasteiger charge is -2.27. The van der Waals surface area contributed by atoms with Gasteiger partial charge in [0.05, 0.1) is 0 Å². The van der Waals surface area contributed by atoms with Crippen molar-refractivity contribution in [1.82, 2.24) is 10.2 Å². The van der Waals surface area contributed by atoms with Gasteiger partial charge in [-0.3, -0.25) is 0 Å². The first-order valence-electron chi connectivity index (χ1n) is 8.05. The average molecular weight is 286 g/mol. The van der Waals surface area contributed by atoms with Crippen LogP contribution < -0.4 is 5.32 Å². The number of hydrogen-bond donors (Lipinski definition) is 1. The van der Waals surface area contributed by atoms with Gasteiger partial charge < -0.3 is 15.0 Å². The second kappa shape index (κ2) is 10.0. The van der Waals surface area contributed by atoms with Crippen LogP contribution >= 0.6 is 0 Å². The molecule has 0 bridgehead atoms. The molecule has 0 spiro atoms. The van der Waals surface area contributed by atoms with E-state index in [1.807, 2.05) is 27.7 Å². The highest BCUT2D eigenvalue weighted by molar-refractivity contribution is 5.68. The largest absolute Gasteiger partial charge is 0.444 e. The second-order valence-corrected chi connectivity index (χ2v) is 6.26. The third-order valence-electron chi connectivity index (χ3n) is 3.25. The molecule has 20 heavy (non-hydrogen) atoms. The molecule has 1 N–H and O–H groups in total. The minimum atomic E-state index is -0.426. The molecule has 1 amide bonds. The molecule has 0 aromatic rings. The Morgan fingerprint density at radius 1 is 1.25 bits per heavy atom. The van der Waals surface area contributed by atoms with E-state index in [4.69, 9.17) is 4.74 Å². The quantitative estimate of drug-likeness (QED) is 0.701. The van der Waals surface area contributed by atoms with Gasteiger partial charge in [-0.25, -0.2) is 4.79 Å². The molecule has 0 aliphatic carbocycles. The fourth-order valence-corrected chi connectivity index (χ4v) is 2.01. The molecule has 0 saturated heterocycles. The Labute approximate surface area is 125 Å². The van der Waals surface area contributed by atoms with E-state index in [1.54, 1.807) is 4.90 Å². The molecule has 0 rings (SSSR count). The van der Waals surface area contributed by atoms with Crippen molar-refractivity contribution in [2.75, 3.05) is 19.6 Å². The van der Waals surface area contributed by atoms with Gasteiger partial charge in [0.1, 0.15) is 5.60 Å². The van der Waals surface area contributed by atoms with Gasteiger partial charge in [0, 0.05) is 25.7 Å². The summed E-state index contributed by atoms with van der Waals surface area (Å²) in [5, 5.41) is 3.54. The molecule has 0 fully saturated rings. The first-order chi connectivity index (χ1) is 9.34. The van der Waals surface area contributed by atoms with Crippen LogP contribution in [0, 0.1) is 0 Å². The van der Waals surface area contributed by atoms with Crippen LogP contribution in [0.1, 0.15) is 67.2 Å². The van der Waals surface area contributed by atoms with E-state index < -0.39 is 5.60 Å². The molecule has 0 aliphatic rings. The van der Waals surface area contributed by atoms with Gasteiger partial charge in [-0.05, 0) is 40.5 Å². The van der Waals surface area contributed by atoms with Crippen LogP contribution in [0.3, 0.4) is 0 Å². The molecule has 120 valence electrons. The van der Waals surface area contributed by atoms with E-state index in [2.05, 4.69) is 19.2 Å². The van der Waals surface area contributed by atoms with Crippen LogP contribution in [0.25, 0.3) is 0 Å². The molecule has 0 heterocycles. The van der Waals surface area contributed by atoms with Crippen molar-refractivity contribution in [3.8, 4) is 0 Å². The fraction of sp³-hybridized carbons (Fsp3) is 0.938. The Morgan fingerprint density at radius 3 is 2.35 bits per heavy atom. The second-order valence-electron chi connectivity index (χ2n) is 6.26. The van der Waals surface area contributed by atoms with Crippen LogP contribution in [-0.4, -0.2) is 42.3 Å². The number of unbranched alkanes of at least 4 members (excludes halogenated alkanes) is 1. The lowest BCUT2D eigenvalue weighted by molar-refractivity contribution is 0.0260. The maximum atomic E-state index is 12.0. The molecule has 1 atom stereocenters. The van der Waals surface area contributed by atoms with Crippen molar-refractivity contribution in [2.24, 2.45) is 0 Å². The minimum absolute atomic E-state index is 0.219. The predicted octanol–water partition coefficient (Wildman–Crippen LogP) is 3.80. The van der Waals surface area contributed by atoms with E-state index in [-0.39, 0.29) is 6.09 Å². The van der Waals surface area contributed by atoms with Gasteiger partial charge in [0.2, 0.25) is 0 Å². The maximum absolute atomic E-state index is 12.0. The highest BCUT2D eigenvalue weighted by Gasteiger charge is 2.20. The van der Waals surface area contributed by atoms with Crippen molar-refractivity contribution in [2.45, 2.75) is 78.9 Å². The SMILES string of the molecule is CCCCC(CC)NCCN(CC)C(=O)OC(C)(C)C. The molecular formula is C16H34N2O2. The van der Waals surface area contributed by atoms with Crippen LogP contribution in [0.15, 0.2) is 0 Å². The van der Waals surface area contributed by atoms with Crippen LogP contribution in [0.4, 0.5) is 4.79 Å². The summed E-state index contributed by atoms with van der Waals surface area (Å²) in [6.45, 7) is 14.3. The summed E-state index contributed by atoms with van der Waals surface area (Å²) in [5.74, 6) is 0. The number of nitrogens with zero attached hydrogens (tertiary/aromatic N) is 1. The molecule has 4 heteroatoms. The van der Waals surface area contributed by atoms with E-state index in [1.165, 1.54) is 19.3 Å². The first kappa shape index (κ1) is 19.2. The van der Waals surface area contributed by atoms with Gasteiger partial charge in [0.15, 0.2) is 0 Å². The van der Waals surface area contributed by atoms with Gasteiger partial charge in [-0.2, -0.15) is 0 Å². The Bertz CT molecular complexity index is 262. The Morgan fingerprint density at radius 2 is 1.90 bits per heavy atom. The molecule has 0 aromatic heterocycles. The molecule has 4 nitrogen and oxygen atoms in total. The van der Waals surface area contributed by atoms with Gasteiger partial charge in [-0.1, -0.05) is 26.7 Å². The van der Waals surface area contributed by atoms with Crippen molar-refractivity contribution in [3.05, 3.63) is 0 Å². The maximum Gasteiger partial charge on any atom is 0.410 e. The number of carbonyl (C=O) groups is 1. The van der Waals surface area contributed by atoms with Crippen LogP contribution in [-0.2, 0) is 4.74 Å². The zero-order valence-corrected chi connectivity index (χ0v) is 14.3. The average Bonchev–Trinajstić information content (AvgIpc) is 2.36. The third-order valence-corrected chi connectivity index (χ3v) is 3.25. The summed E-state index contributed by atoms with van der Waals surface area (Å²) in [6, 6.07) is 0.562. The molecule has 0 saturated carbocycles. The van der Waals surface area contributed by atoms with Crippen molar-refractivity contribution in [3.63, 3.8) is 0 Å². The zero-order valence-electron chi connectivity index (χ0n) is 14.3. The lowest BCUT2D eigenvalue weighted by atomic mass is 10.1. The number of hydrogen-bond acceptors (Lipinski definition) is 3. The summed E-state index contributed by atoms with van der Waals surface area (Å²) in [7, 11) is 0. The Kier molecular flexibility index (Phi) is 9.64. The number of carbonyl (C=O) groups excluding carboxylic acids is 1. The molecule has 1 unspecified atom stereocenters. The molecule has 0 aromatic carbocycles. The third kappa shape index (κ3) is 9.18. The van der Waals surface area contributed by atoms with Crippen molar-refractivity contribution >= 4 is 6.09 Å². The summed E-state index contributed by atoms with van der Waals surface area (Å²) < 4.78 is 5.40. The molecule has 0 radical (unpaired) electrons. The van der Waals surface area contributed by atoms with Crippen molar-refractivity contribution < 1.29 is 9.53 Å². The van der Waals surface area contributed by atoms with E-state index >= 15 is 0 Å². The molecular weight excluding hydrogens is 252 g/mol. The van der Waals surface area contributed by atoms with Crippen molar-refractivity contribution in [1.29, 1.82) is 0 Å². The zero-order chi connectivity index (χ0) is 15.6. The number of likely N-dealkylation sites (N-methyl/N-ethyl adjacent to an activating group) is 1. The number of ether oxygens (including phenoxy) is 1. The molecule has 0 aliphatic heterocycles. The highest BCUT2D eigenvalue weighted by atomic mass is 16.6. The fourth-order valence-electron chi connectivity index (χ4n) is 2.01. The standard InChI is InChI=1S/C16H34N2O2/c1-7-10-11-14(8-2)17-12-13-18(9-3)15(19)20-16(4,5)6/h14,17H,7-13H2,1-6H3. The number of amides is 1. The van der Waals surface area contributed by atoms with Crippen LogP contribution in [0.5, 0.6) is 0 Å². The van der Waals surface area contributed by atoms with Crippen LogP contribution in [0.2, 0.25) is 0 Å². The summed E-state index contributed by atoms with van der Waals surface area (Å²) in [6.07, 6.45) is 4.62. The Hall–Kier alpha value is -0.770.